The van der Waals surface area contributed by atoms with Crippen molar-refractivity contribution in [3.63, 3.8) is 0 Å². The second kappa shape index (κ2) is 9.94. The summed E-state index contributed by atoms with van der Waals surface area (Å²) >= 11 is 6.33. The van der Waals surface area contributed by atoms with E-state index in [0.29, 0.717) is 11.1 Å². The van der Waals surface area contributed by atoms with Gasteiger partial charge >= 0.3 is 0 Å². The van der Waals surface area contributed by atoms with Crippen molar-refractivity contribution in [1.29, 1.82) is 0 Å². The molecule has 6 heteroatoms. The quantitative estimate of drug-likeness (QED) is 0.605. The number of rotatable bonds is 6. The topological polar surface area (TPSA) is 35.6 Å². The average molecular weight is 438 g/mol. The molecule has 3 aromatic rings. The molecule has 1 fully saturated rings. The summed E-state index contributed by atoms with van der Waals surface area (Å²) in [6.07, 6.45) is 0. The van der Waals surface area contributed by atoms with E-state index in [0.717, 1.165) is 49.0 Å². The van der Waals surface area contributed by atoms with Crippen LogP contribution in [0.25, 0.3) is 0 Å². The van der Waals surface area contributed by atoms with Crippen LogP contribution in [0.2, 0.25) is 5.02 Å². The van der Waals surface area contributed by atoms with Crippen LogP contribution in [0, 0.1) is 5.82 Å². The maximum absolute atomic E-state index is 13.8. The Kier molecular flexibility index (Phi) is 6.85. The molecule has 0 aliphatic carbocycles. The zero-order valence-corrected chi connectivity index (χ0v) is 18.0. The van der Waals surface area contributed by atoms with Crippen LogP contribution in [0.1, 0.15) is 21.5 Å². The van der Waals surface area contributed by atoms with Crippen LogP contribution in [0.4, 0.5) is 10.1 Å². The van der Waals surface area contributed by atoms with Crippen molar-refractivity contribution in [2.75, 3.05) is 31.1 Å². The van der Waals surface area contributed by atoms with Crippen LogP contribution in [-0.2, 0) is 13.1 Å². The molecular weight excluding hydrogens is 413 g/mol. The number of nitrogens with zero attached hydrogens (tertiary/aromatic N) is 2. The highest BCUT2D eigenvalue weighted by atomic mass is 35.5. The van der Waals surface area contributed by atoms with Gasteiger partial charge in [-0.3, -0.25) is 9.69 Å². The molecule has 1 aliphatic rings. The van der Waals surface area contributed by atoms with E-state index in [1.54, 1.807) is 24.3 Å². The van der Waals surface area contributed by atoms with Crippen molar-refractivity contribution in [3.05, 3.63) is 100 Å². The molecular formula is C25H25ClFN3O. The van der Waals surface area contributed by atoms with Gasteiger partial charge in [-0.1, -0.05) is 54.1 Å². The van der Waals surface area contributed by atoms with E-state index in [9.17, 15) is 9.18 Å². The van der Waals surface area contributed by atoms with Crippen LogP contribution in [0.5, 0.6) is 0 Å². The van der Waals surface area contributed by atoms with Crippen molar-refractivity contribution >= 4 is 23.2 Å². The van der Waals surface area contributed by atoms with Crippen LogP contribution in [-0.4, -0.2) is 37.0 Å². The predicted molar refractivity (Wildman–Crippen MR) is 123 cm³/mol. The lowest BCUT2D eigenvalue weighted by atomic mass is 10.1. The monoisotopic (exact) mass is 437 g/mol. The van der Waals surface area contributed by atoms with Crippen LogP contribution in [0.3, 0.4) is 0 Å². The van der Waals surface area contributed by atoms with Gasteiger partial charge in [0.2, 0.25) is 0 Å². The molecule has 0 atom stereocenters. The van der Waals surface area contributed by atoms with Crippen molar-refractivity contribution < 1.29 is 9.18 Å². The summed E-state index contributed by atoms with van der Waals surface area (Å²) in [6, 6.07) is 22.0. The Morgan fingerprint density at radius 1 is 0.935 bits per heavy atom. The Morgan fingerprint density at radius 3 is 2.45 bits per heavy atom. The Bertz CT molecular complexity index is 1050. The molecule has 3 aromatic carbocycles. The van der Waals surface area contributed by atoms with Crippen LogP contribution >= 0.6 is 11.6 Å². The van der Waals surface area contributed by atoms with Gasteiger partial charge in [0.05, 0.1) is 10.7 Å². The fourth-order valence-corrected chi connectivity index (χ4v) is 4.10. The first kappa shape index (κ1) is 21.3. The lowest BCUT2D eigenvalue weighted by Gasteiger charge is -2.36. The lowest BCUT2D eigenvalue weighted by molar-refractivity contribution is 0.0950. The summed E-state index contributed by atoms with van der Waals surface area (Å²) < 4.78 is 13.8. The van der Waals surface area contributed by atoms with Gasteiger partial charge < -0.3 is 10.2 Å². The summed E-state index contributed by atoms with van der Waals surface area (Å²) in [5.41, 5.74) is 3.23. The van der Waals surface area contributed by atoms with E-state index in [-0.39, 0.29) is 18.3 Å². The number of amides is 1. The van der Waals surface area contributed by atoms with Gasteiger partial charge in [-0.15, -0.1) is 0 Å². The number of para-hydroxylation sites is 1. The Balaban J connectivity index is 1.32. The van der Waals surface area contributed by atoms with Crippen molar-refractivity contribution in [3.8, 4) is 0 Å². The first-order valence-corrected chi connectivity index (χ1v) is 10.8. The Morgan fingerprint density at radius 2 is 1.68 bits per heavy atom. The lowest BCUT2D eigenvalue weighted by Crippen LogP contribution is -2.46. The van der Waals surface area contributed by atoms with Gasteiger partial charge in [0.25, 0.3) is 5.91 Å². The van der Waals surface area contributed by atoms with Gasteiger partial charge in [-0.25, -0.2) is 4.39 Å². The van der Waals surface area contributed by atoms with Crippen molar-refractivity contribution in [2.24, 2.45) is 0 Å². The predicted octanol–water partition coefficient (Wildman–Crippen LogP) is 4.73. The second-order valence-electron chi connectivity index (χ2n) is 7.69. The third kappa shape index (κ3) is 5.43. The molecule has 1 aliphatic heterocycles. The number of carbonyl (C=O) groups excluding carboxylic acids is 1. The van der Waals surface area contributed by atoms with Crippen molar-refractivity contribution in [2.45, 2.75) is 13.1 Å². The van der Waals surface area contributed by atoms with E-state index in [4.69, 9.17) is 11.6 Å². The third-order valence-corrected chi connectivity index (χ3v) is 5.88. The molecule has 0 aromatic heterocycles. The number of nitrogens with one attached hydrogen (secondary N) is 1. The molecule has 1 saturated heterocycles. The van der Waals surface area contributed by atoms with E-state index in [2.05, 4.69) is 21.2 Å². The number of piperazine rings is 1. The Labute approximate surface area is 187 Å². The Hall–Kier alpha value is -2.89. The molecule has 0 unspecified atom stereocenters. The fourth-order valence-electron chi connectivity index (χ4n) is 3.84. The maximum atomic E-state index is 13.8. The molecule has 4 nitrogen and oxygen atoms in total. The van der Waals surface area contributed by atoms with Gasteiger partial charge in [-0.05, 0) is 35.9 Å². The molecule has 1 amide bonds. The minimum Gasteiger partial charge on any atom is -0.368 e. The zero-order chi connectivity index (χ0) is 21.6. The van der Waals surface area contributed by atoms with Crippen LogP contribution < -0.4 is 10.2 Å². The molecule has 0 spiro atoms. The van der Waals surface area contributed by atoms with E-state index in [1.807, 2.05) is 36.4 Å². The number of halogens is 2. The fraction of sp³-hybridized carbons (Fsp3) is 0.240. The van der Waals surface area contributed by atoms with Crippen molar-refractivity contribution in [1.82, 2.24) is 10.2 Å². The molecule has 4 rings (SSSR count). The average Bonchev–Trinajstić information content (AvgIpc) is 2.79. The van der Waals surface area contributed by atoms with E-state index < -0.39 is 0 Å². The molecule has 1 N–H and O–H groups in total. The van der Waals surface area contributed by atoms with Crippen LogP contribution in [0.15, 0.2) is 72.8 Å². The number of anilines is 1. The minimum atomic E-state index is -0.313. The molecule has 1 heterocycles. The number of benzene rings is 3. The zero-order valence-electron chi connectivity index (χ0n) is 17.2. The van der Waals surface area contributed by atoms with E-state index >= 15 is 0 Å². The summed E-state index contributed by atoms with van der Waals surface area (Å²) in [6.45, 7) is 4.62. The number of hydrogen-bond acceptors (Lipinski definition) is 3. The highest BCUT2D eigenvalue weighted by Gasteiger charge is 2.19. The number of carbonyl (C=O) groups is 1. The molecule has 0 bridgehead atoms. The first-order chi connectivity index (χ1) is 15.1. The third-order valence-electron chi connectivity index (χ3n) is 5.56. The normalized spacial score (nSPS) is 14.5. The van der Waals surface area contributed by atoms with Gasteiger partial charge in [0, 0.05) is 50.4 Å². The maximum Gasteiger partial charge on any atom is 0.251 e. The smallest absolute Gasteiger partial charge is 0.251 e. The first-order valence-electron chi connectivity index (χ1n) is 10.4. The summed E-state index contributed by atoms with van der Waals surface area (Å²) in [4.78, 5) is 17.2. The van der Waals surface area contributed by atoms with Gasteiger partial charge in [0.1, 0.15) is 5.82 Å². The standard InChI is InChI=1S/C25H25ClFN3O/c26-22-9-2-4-11-24(22)30-14-12-29(13-15-30)18-19-6-5-8-20(16-19)25(31)28-17-21-7-1-3-10-23(21)27/h1-11,16H,12-15,17-18H2,(H,28,31). The highest BCUT2D eigenvalue weighted by molar-refractivity contribution is 6.33. The largest absolute Gasteiger partial charge is 0.368 e. The SMILES string of the molecule is O=C(NCc1ccccc1F)c1cccc(CN2CCN(c3ccccc3Cl)CC2)c1. The van der Waals surface area contributed by atoms with Gasteiger partial charge in [-0.2, -0.15) is 0 Å². The van der Waals surface area contributed by atoms with E-state index in [1.165, 1.54) is 6.07 Å². The summed E-state index contributed by atoms with van der Waals surface area (Å²) in [5.74, 6) is -0.513. The second-order valence-corrected chi connectivity index (χ2v) is 8.10. The molecule has 0 radical (unpaired) electrons. The van der Waals surface area contributed by atoms with Gasteiger partial charge in [0.15, 0.2) is 0 Å². The summed E-state index contributed by atoms with van der Waals surface area (Å²) in [7, 11) is 0. The molecule has 160 valence electrons. The molecule has 31 heavy (non-hydrogen) atoms. The minimum absolute atomic E-state index is 0.166. The highest BCUT2D eigenvalue weighted by Crippen LogP contribution is 2.26. The summed E-state index contributed by atoms with van der Waals surface area (Å²) in [5, 5.41) is 3.59. The molecule has 0 saturated carbocycles. The number of hydrogen-bond donors (Lipinski definition) is 1.